The van der Waals surface area contributed by atoms with Gasteiger partial charge in [-0.25, -0.2) is 0 Å². The number of amides is 1. The van der Waals surface area contributed by atoms with Gasteiger partial charge in [-0.2, -0.15) is 0 Å². The minimum Gasteiger partial charge on any atom is -0.465 e. The second-order valence-electron chi connectivity index (χ2n) is 4.36. The highest BCUT2D eigenvalue weighted by molar-refractivity contribution is 7.16. The van der Waals surface area contributed by atoms with Crippen molar-refractivity contribution in [2.45, 2.75) is 13.0 Å². The number of rotatable bonds is 2. The summed E-state index contributed by atoms with van der Waals surface area (Å²) in [6, 6.07) is 5.57. The standard InChI is InChI=1S/C14H12ClNO2S/c15-13-8-10-9-16(6-5-12(10)19-13)14(17)4-3-11-2-1-7-18-11/h1-4,7-8H,5-6,9H2. The lowest BCUT2D eigenvalue weighted by molar-refractivity contribution is -0.126. The summed E-state index contributed by atoms with van der Waals surface area (Å²) in [5, 5.41) is 0. The van der Waals surface area contributed by atoms with Gasteiger partial charge in [0.15, 0.2) is 0 Å². The zero-order valence-electron chi connectivity index (χ0n) is 10.1. The van der Waals surface area contributed by atoms with Crippen molar-refractivity contribution in [2.24, 2.45) is 0 Å². The van der Waals surface area contributed by atoms with Crippen LogP contribution in [0.2, 0.25) is 4.34 Å². The van der Waals surface area contributed by atoms with Crippen molar-refractivity contribution in [1.82, 2.24) is 4.90 Å². The van der Waals surface area contributed by atoms with Crippen LogP contribution < -0.4 is 0 Å². The molecule has 2 aromatic heterocycles. The summed E-state index contributed by atoms with van der Waals surface area (Å²) in [5.41, 5.74) is 1.17. The molecule has 1 aliphatic rings. The van der Waals surface area contributed by atoms with E-state index in [0.717, 1.165) is 17.3 Å². The van der Waals surface area contributed by atoms with Crippen molar-refractivity contribution in [3.63, 3.8) is 0 Å². The second kappa shape index (κ2) is 5.23. The monoisotopic (exact) mass is 293 g/mol. The van der Waals surface area contributed by atoms with Crippen molar-refractivity contribution in [3.8, 4) is 0 Å². The Kier molecular flexibility index (Phi) is 3.44. The number of furan rings is 1. The highest BCUT2D eigenvalue weighted by atomic mass is 35.5. The van der Waals surface area contributed by atoms with Gasteiger partial charge in [0, 0.05) is 24.0 Å². The lowest BCUT2D eigenvalue weighted by Crippen LogP contribution is -2.34. The fraction of sp³-hybridized carbons (Fsp3) is 0.214. The Morgan fingerprint density at radius 2 is 2.42 bits per heavy atom. The van der Waals surface area contributed by atoms with Crippen molar-refractivity contribution in [3.05, 3.63) is 51.1 Å². The molecule has 5 heteroatoms. The molecule has 1 aliphatic heterocycles. The molecule has 0 saturated carbocycles. The third kappa shape index (κ3) is 2.74. The summed E-state index contributed by atoms with van der Waals surface area (Å²) in [5.74, 6) is 0.689. The molecule has 0 N–H and O–H groups in total. The molecule has 0 aromatic carbocycles. The van der Waals surface area contributed by atoms with Crippen molar-refractivity contribution in [1.29, 1.82) is 0 Å². The third-order valence-electron chi connectivity index (χ3n) is 3.08. The average Bonchev–Trinajstić information content (AvgIpc) is 3.02. The Hall–Kier alpha value is -1.52. The molecule has 1 amide bonds. The Morgan fingerprint density at radius 3 is 3.21 bits per heavy atom. The molecule has 3 rings (SSSR count). The highest BCUT2D eigenvalue weighted by Gasteiger charge is 2.21. The van der Waals surface area contributed by atoms with Gasteiger partial charge in [-0.1, -0.05) is 11.6 Å². The van der Waals surface area contributed by atoms with Gasteiger partial charge in [-0.3, -0.25) is 4.79 Å². The van der Waals surface area contributed by atoms with Crippen LogP contribution in [0, 0.1) is 0 Å². The quantitative estimate of drug-likeness (QED) is 0.793. The Morgan fingerprint density at radius 1 is 1.53 bits per heavy atom. The topological polar surface area (TPSA) is 33.5 Å². The van der Waals surface area contributed by atoms with E-state index in [9.17, 15) is 4.79 Å². The SMILES string of the molecule is O=C(C=Cc1ccco1)N1CCc2sc(Cl)cc2C1. The largest absolute Gasteiger partial charge is 0.465 e. The molecule has 0 unspecified atom stereocenters. The average molecular weight is 294 g/mol. The predicted molar refractivity (Wildman–Crippen MR) is 76.2 cm³/mol. The zero-order valence-corrected chi connectivity index (χ0v) is 11.7. The fourth-order valence-corrected chi connectivity index (χ4v) is 3.43. The van der Waals surface area contributed by atoms with Crippen LogP contribution in [0.5, 0.6) is 0 Å². The highest BCUT2D eigenvalue weighted by Crippen LogP contribution is 2.31. The minimum absolute atomic E-state index is 0.00405. The first-order valence-electron chi connectivity index (χ1n) is 6.00. The maximum absolute atomic E-state index is 12.1. The Bertz CT molecular complexity index is 615. The van der Waals surface area contributed by atoms with E-state index >= 15 is 0 Å². The maximum Gasteiger partial charge on any atom is 0.247 e. The van der Waals surface area contributed by atoms with E-state index in [1.807, 2.05) is 17.0 Å². The third-order valence-corrected chi connectivity index (χ3v) is 4.45. The zero-order chi connectivity index (χ0) is 13.2. The van der Waals surface area contributed by atoms with Crippen molar-refractivity contribution >= 4 is 34.9 Å². The van der Waals surface area contributed by atoms with Gasteiger partial charge in [0.05, 0.1) is 10.6 Å². The number of thiophene rings is 1. The molecule has 98 valence electrons. The Balaban J connectivity index is 1.69. The van der Waals surface area contributed by atoms with Crippen LogP contribution in [-0.4, -0.2) is 17.4 Å². The van der Waals surface area contributed by atoms with Crippen LogP contribution in [0.4, 0.5) is 0 Å². The first-order valence-corrected chi connectivity index (χ1v) is 7.19. The maximum atomic E-state index is 12.1. The lowest BCUT2D eigenvalue weighted by atomic mass is 10.1. The van der Waals surface area contributed by atoms with E-state index in [4.69, 9.17) is 16.0 Å². The van der Waals surface area contributed by atoms with E-state index in [0.29, 0.717) is 12.3 Å². The van der Waals surface area contributed by atoms with E-state index < -0.39 is 0 Å². The number of nitrogens with zero attached hydrogens (tertiary/aromatic N) is 1. The van der Waals surface area contributed by atoms with Gasteiger partial charge < -0.3 is 9.32 Å². The van der Waals surface area contributed by atoms with Crippen LogP contribution in [-0.2, 0) is 17.8 Å². The smallest absolute Gasteiger partial charge is 0.247 e. The number of carbonyl (C=O) groups excluding carboxylic acids is 1. The fourth-order valence-electron chi connectivity index (χ4n) is 2.13. The minimum atomic E-state index is 0.00405. The van der Waals surface area contributed by atoms with Gasteiger partial charge in [0.1, 0.15) is 5.76 Å². The molecular weight excluding hydrogens is 282 g/mol. The van der Waals surface area contributed by atoms with Crippen LogP contribution in [0.25, 0.3) is 6.08 Å². The lowest BCUT2D eigenvalue weighted by Gasteiger charge is -2.25. The van der Waals surface area contributed by atoms with Crippen LogP contribution >= 0.6 is 22.9 Å². The molecule has 0 fully saturated rings. The van der Waals surface area contributed by atoms with Crippen LogP contribution in [0.1, 0.15) is 16.2 Å². The summed E-state index contributed by atoms with van der Waals surface area (Å²) >= 11 is 7.61. The van der Waals surface area contributed by atoms with Crippen molar-refractivity contribution < 1.29 is 9.21 Å². The van der Waals surface area contributed by atoms with E-state index in [-0.39, 0.29) is 5.91 Å². The molecule has 3 heterocycles. The molecule has 19 heavy (non-hydrogen) atoms. The van der Waals surface area contributed by atoms with Crippen LogP contribution in [0.3, 0.4) is 0 Å². The van der Waals surface area contributed by atoms with E-state index in [1.54, 1.807) is 35.8 Å². The number of halogens is 1. The van der Waals surface area contributed by atoms with Gasteiger partial charge in [0.25, 0.3) is 0 Å². The number of hydrogen-bond donors (Lipinski definition) is 0. The molecule has 0 aliphatic carbocycles. The van der Waals surface area contributed by atoms with Gasteiger partial charge in [0.2, 0.25) is 5.91 Å². The predicted octanol–water partition coefficient (Wildman–Crippen LogP) is 3.59. The molecule has 0 bridgehead atoms. The summed E-state index contributed by atoms with van der Waals surface area (Å²) in [6.45, 7) is 1.38. The van der Waals surface area contributed by atoms with Crippen molar-refractivity contribution in [2.75, 3.05) is 6.54 Å². The first-order chi connectivity index (χ1) is 9.22. The molecule has 0 spiro atoms. The van der Waals surface area contributed by atoms with Gasteiger partial charge in [-0.05, 0) is 36.3 Å². The number of hydrogen-bond acceptors (Lipinski definition) is 3. The summed E-state index contributed by atoms with van der Waals surface area (Å²) in [6.07, 6.45) is 5.72. The number of fused-ring (bicyclic) bond motifs is 1. The van der Waals surface area contributed by atoms with E-state index in [1.165, 1.54) is 10.4 Å². The molecule has 0 radical (unpaired) electrons. The molecule has 2 aromatic rings. The molecular formula is C14H12ClNO2S. The van der Waals surface area contributed by atoms with Gasteiger partial charge >= 0.3 is 0 Å². The van der Waals surface area contributed by atoms with Gasteiger partial charge in [-0.15, -0.1) is 11.3 Å². The van der Waals surface area contributed by atoms with E-state index in [2.05, 4.69) is 0 Å². The number of carbonyl (C=O) groups is 1. The summed E-state index contributed by atoms with van der Waals surface area (Å²) in [7, 11) is 0. The summed E-state index contributed by atoms with van der Waals surface area (Å²) in [4.78, 5) is 15.2. The second-order valence-corrected chi connectivity index (χ2v) is 6.13. The summed E-state index contributed by atoms with van der Waals surface area (Å²) < 4.78 is 5.95. The normalized spacial score (nSPS) is 14.9. The molecule has 3 nitrogen and oxygen atoms in total. The molecule has 0 saturated heterocycles. The Labute approximate surface area is 120 Å². The molecule has 0 atom stereocenters. The first kappa shape index (κ1) is 12.5. The van der Waals surface area contributed by atoms with Crippen LogP contribution in [0.15, 0.2) is 35.0 Å².